The first kappa shape index (κ1) is 19.4. The van der Waals surface area contributed by atoms with Crippen LogP contribution in [0.1, 0.15) is 18.2 Å². The Morgan fingerprint density at radius 2 is 2.26 bits per heavy atom. The molecular weight excluding hydrogens is 396 g/mol. The third-order valence-electron chi connectivity index (χ3n) is 3.57. The lowest BCUT2D eigenvalue weighted by Gasteiger charge is -2.12. The maximum absolute atomic E-state index is 12.6. The summed E-state index contributed by atoms with van der Waals surface area (Å²) in [6, 6.07) is 4.48. The average Bonchev–Trinajstić information content (AvgIpc) is 3.20. The molecule has 0 fully saturated rings. The lowest BCUT2D eigenvalue weighted by Crippen LogP contribution is -2.36. The van der Waals surface area contributed by atoms with E-state index in [2.05, 4.69) is 25.3 Å². The zero-order valence-electron chi connectivity index (χ0n) is 14.5. The van der Waals surface area contributed by atoms with E-state index in [-0.39, 0.29) is 12.3 Å². The van der Waals surface area contributed by atoms with Gasteiger partial charge in [-0.05, 0) is 25.1 Å². The van der Waals surface area contributed by atoms with Crippen molar-refractivity contribution in [2.45, 2.75) is 26.6 Å². The molecule has 3 aromatic rings. The molecule has 144 valence electrons. The maximum Gasteiger partial charge on any atom is 0.387 e. The summed E-state index contributed by atoms with van der Waals surface area (Å²) in [5.41, 5.74) is 1.35. The van der Waals surface area contributed by atoms with Gasteiger partial charge in [-0.3, -0.25) is 4.40 Å². The standard InChI is InChI=1S/C17H18ClF2N5OS/c1-2-21-16(23-9-13-10-25-5-6-27-17(25)24-13)22-8-11-7-12(18)3-4-14(11)26-15(19)20/h3-7,10,15H,2,8-9H2,1H3,(H2,21,22,23). The summed E-state index contributed by atoms with van der Waals surface area (Å²) in [6.45, 7) is 0.302. The number of ether oxygens (including phenoxy) is 1. The molecule has 2 heterocycles. The Balaban J connectivity index is 1.69. The maximum atomic E-state index is 12.6. The number of halogens is 3. The fourth-order valence-electron chi connectivity index (χ4n) is 2.42. The first-order valence-electron chi connectivity index (χ1n) is 8.21. The number of aromatic nitrogens is 2. The minimum atomic E-state index is -2.91. The number of benzene rings is 1. The molecule has 3 rings (SSSR count). The summed E-state index contributed by atoms with van der Waals surface area (Å²) in [6.07, 6.45) is 3.88. The molecule has 0 aliphatic carbocycles. The van der Waals surface area contributed by atoms with Crippen molar-refractivity contribution in [3.63, 3.8) is 0 Å². The van der Waals surface area contributed by atoms with Gasteiger partial charge in [-0.25, -0.2) is 9.98 Å². The molecule has 0 atom stereocenters. The fourth-order valence-corrected chi connectivity index (χ4v) is 3.34. The number of guanidine groups is 1. The Morgan fingerprint density at radius 3 is 3.00 bits per heavy atom. The van der Waals surface area contributed by atoms with Gasteiger partial charge in [0.2, 0.25) is 0 Å². The molecule has 0 unspecified atom stereocenters. The SMILES string of the molecule is CCNC(=NCc1cc(Cl)ccc1OC(F)F)NCc1cn2ccsc2n1. The molecule has 6 nitrogen and oxygen atoms in total. The number of fused-ring (bicyclic) bond motifs is 1. The minimum Gasteiger partial charge on any atom is -0.434 e. The lowest BCUT2D eigenvalue weighted by atomic mass is 10.2. The number of imidazole rings is 1. The summed E-state index contributed by atoms with van der Waals surface area (Å²) in [7, 11) is 0. The highest BCUT2D eigenvalue weighted by atomic mass is 35.5. The number of alkyl halides is 2. The zero-order chi connectivity index (χ0) is 19.2. The molecule has 0 aliphatic heterocycles. The van der Waals surface area contributed by atoms with E-state index in [1.54, 1.807) is 17.4 Å². The van der Waals surface area contributed by atoms with Crippen LogP contribution in [0, 0.1) is 0 Å². The van der Waals surface area contributed by atoms with Gasteiger partial charge >= 0.3 is 6.61 Å². The average molecular weight is 414 g/mol. The van der Waals surface area contributed by atoms with Crippen molar-refractivity contribution in [3.8, 4) is 5.75 Å². The smallest absolute Gasteiger partial charge is 0.387 e. The van der Waals surface area contributed by atoms with Crippen LogP contribution in [0.5, 0.6) is 5.75 Å². The summed E-state index contributed by atoms with van der Waals surface area (Å²) in [5, 5.41) is 8.69. The first-order chi connectivity index (χ1) is 13.0. The second-order valence-corrected chi connectivity index (χ2v) is 6.81. The molecular formula is C17H18ClF2N5OS. The highest BCUT2D eigenvalue weighted by Gasteiger charge is 2.11. The fraction of sp³-hybridized carbons (Fsp3) is 0.294. The Labute approximate surface area is 163 Å². The number of hydrogen-bond acceptors (Lipinski definition) is 4. The van der Waals surface area contributed by atoms with Crippen LogP contribution in [0.4, 0.5) is 8.78 Å². The van der Waals surface area contributed by atoms with E-state index in [9.17, 15) is 8.78 Å². The number of rotatable bonds is 7. The third-order valence-corrected chi connectivity index (χ3v) is 4.58. The summed E-state index contributed by atoms with van der Waals surface area (Å²) < 4.78 is 31.6. The molecule has 0 amide bonds. The predicted molar refractivity (Wildman–Crippen MR) is 103 cm³/mol. The van der Waals surface area contributed by atoms with Crippen LogP contribution in [-0.2, 0) is 13.1 Å². The normalized spacial score (nSPS) is 12.0. The molecule has 0 saturated carbocycles. The molecule has 2 aromatic heterocycles. The second kappa shape index (κ2) is 9.01. The predicted octanol–water partition coefficient (Wildman–Crippen LogP) is 3.91. The third kappa shape index (κ3) is 5.30. The number of thiazole rings is 1. The van der Waals surface area contributed by atoms with E-state index >= 15 is 0 Å². The van der Waals surface area contributed by atoms with Gasteiger partial charge in [-0.2, -0.15) is 8.78 Å². The van der Waals surface area contributed by atoms with Crippen LogP contribution in [0.2, 0.25) is 5.02 Å². The van der Waals surface area contributed by atoms with Gasteiger partial charge in [0.25, 0.3) is 0 Å². The van der Waals surface area contributed by atoms with Crippen molar-refractivity contribution >= 4 is 33.9 Å². The first-order valence-corrected chi connectivity index (χ1v) is 9.47. The zero-order valence-corrected chi connectivity index (χ0v) is 16.0. The summed E-state index contributed by atoms with van der Waals surface area (Å²) in [4.78, 5) is 9.84. The lowest BCUT2D eigenvalue weighted by molar-refractivity contribution is -0.0504. The van der Waals surface area contributed by atoms with Crippen molar-refractivity contribution in [3.05, 3.63) is 52.3 Å². The van der Waals surface area contributed by atoms with Crippen molar-refractivity contribution in [1.29, 1.82) is 0 Å². The minimum absolute atomic E-state index is 0.0586. The second-order valence-electron chi connectivity index (χ2n) is 5.50. The molecule has 0 aliphatic rings. The number of nitrogens with one attached hydrogen (secondary N) is 2. The van der Waals surface area contributed by atoms with E-state index in [1.165, 1.54) is 12.1 Å². The number of hydrogen-bond donors (Lipinski definition) is 2. The van der Waals surface area contributed by atoms with Crippen molar-refractivity contribution < 1.29 is 13.5 Å². The van der Waals surface area contributed by atoms with Crippen molar-refractivity contribution in [1.82, 2.24) is 20.0 Å². The van der Waals surface area contributed by atoms with Gasteiger partial charge in [0.05, 0.1) is 18.8 Å². The molecule has 1 aromatic carbocycles. The highest BCUT2D eigenvalue weighted by Crippen LogP contribution is 2.25. The highest BCUT2D eigenvalue weighted by molar-refractivity contribution is 7.15. The van der Waals surface area contributed by atoms with Crippen LogP contribution >= 0.6 is 22.9 Å². The van der Waals surface area contributed by atoms with Gasteiger partial charge in [-0.15, -0.1) is 11.3 Å². The van der Waals surface area contributed by atoms with Crippen molar-refractivity contribution in [2.75, 3.05) is 6.54 Å². The van der Waals surface area contributed by atoms with Crippen LogP contribution in [-0.4, -0.2) is 28.5 Å². The Hall–Kier alpha value is -2.39. The van der Waals surface area contributed by atoms with Crippen LogP contribution in [0.3, 0.4) is 0 Å². The van der Waals surface area contributed by atoms with E-state index < -0.39 is 6.61 Å². The molecule has 0 saturated heterocycles. The molecule has 0 radical (unpaired) electrons. The van der Waals surface area contributed by atoms with E-state index in [1.807, 2.05) is 29.1 Å². The van der Waals surface area contributed by atoms with E-state index in [4.69, 9.17) is 11.6 Å². The molecule has 0 spiro atoms. The Bertz CT molecular complexity index is 899. The number of aliphatic imine (C=N–C) groups is 1. The van der Waals surface area contributed by atoms with Crippen molar-refractivity contribution in [2.24, 2.45) is 4.99 Å². The molecule has 0 bridgehead atoms. The van der Waals surface area contributed by atoms with Gasteiger partial charge in [0.15, 0.2) is 10.9 Å². The van der Waals surface area contributed by atoms with E-state index in [0.29, 0.717) is 29.6 Å². The Morgan fingerprint density at radius 1 is 1.41 bits per heavy atom. The van der Waals surface area contributed by atoms with Gasteiger partial charge in [0, 0.05) is 34.9 Å². The van der Waals surface area contributed by atoms with Crippen LogP contribution in [0.15, 0.2) is 41.0 Å². The van der Waals surface area contributed by atoms with Gasteiger partial charge < -0.3 is 15.4 Å². The monoisotopic (exact) mass is 413 g/mol. The van der Waals surface area contributed by atoms with Crippen LogP contribution in [0.25, 0.3) is 4.96 Å². The Kier molecular flexibility index (Phi) is 6.46. The number of nitrogens with zero attached hydrogens (tertiary/aromatic N) is 3. The summed E-state index contributed by atoms with van der Waals surface area (Å²) >= 11 is 7.53. The molecule has 27 heavy (non-hydrogen) atoms. The van der Waals surface area contributed by atoms with Gasteiger partial charge in [0.1, 0.15) is 5.75 Å². The topological polar surface area (TPSA) is 63.0 Å². The van der Waals surface area contributed by atoms with Gasteiger partial charge in [-0.1, -0.05) is 11.6 Å². The van der Waals surface area contributed by atoms with E-state index in [0.717, 1.165) is 10.7 Å². The molecule has 10 heteroatoms. The molecule has 2 N–H and O–H groups in total. The summed E-state index contributed by atoms with van der Waals surface area (Å²) in [5.74, 6) is 0.597. The van der Waals surface area contributed by atoms with Crippen LogP contribution < -0.4 is 15.4 Å². The largest absolute Gasteiger partial charge is 0.434 e. The quantitative estimate of drug-likeness (QED) is 0.455.